The first kappa shape index (κ1) is 13.8. The maximum Gasteiger partial charge on any atom is 0.259 e. The second kappa shape index (κ2) is 5.89. The highest BCUT2D eigenvalue weighted by Gasteiger charge is 2.09. The van der Waals surface area contributed by atoms with Crippen LogP contribution < -0.4 is 4.74 Å². The van der Waals surface area contributed by atoms with E-state index in [1.54, 1.807) is 39.2 Å². The van der Waals surface area contributed by atoms with Crippen molar-refractivity contribution < 1.29 is 14.6 Å². The Kier molecular flexibility index (Phi) is 4.78. The summed E-state index contributed by atoms with van der Waals surface area (Å²) in [5.74, 6) is 0.298. The van der Waals surface area contributed by atoms with Gasteiger partial charge in [-0.3, -0.25) is 4.79 Å². The molecule has 0 saturated carbocycles. The highest BCUT2D eigenvalue weighted by molar-refractivity contribution is 6.32. The van der Waals surface area contributed by atoms with E-state index in [0.29, 0.717) is 16.3 Å². The molecular formula is C12H16ClNO3. The fraction of sp³-hybridized carbons (Fsp3) is 0.417. The van der Waals surface area contributed by atoms with Gasteiger partial charge in [-0.15, -0.1) is 0 Å². The minimum atomic E-state index is -0.579. The Morgan fingerprint density at radius 3 is 2.65 bits per heavy atom. The van der Waals surface area contributed by atoms with Gasteiger partial charge in [-0.05, 0) is 24.6 Å². The molecule has 0 aliphatic heterocycles. The number of benzene rings is 1. The van der Waals surface area contributed by atoms with E-state index in [2.05, 4.69) is 0 Å². The van der Waals surface area contributed by atoms with Crippen LogP contribution in [0.2, 0.25) is 5.02 Å². The van der Waals surface area contributed by atoms with Gasteiger partial charge in [-0.2, -0.15) is 0 Å². The molecule has 1 rings (SSSR count). The van der Waals surface area contributed by atoms with Crippen molar-refractivity contribution in [1.82, 2.24) is 4.90 Å². The number of aliphatic hydroxyl groups is 1. The zero-order valence-corrected chi connectivity index (χ0v) is 10.9. The van der Waals surface area contributed by atoms with E-state index in [9.17, 15) is 9.90 Å². The van der Waals surface area contributed by atoms with Crippen molar-refractivity contribution in [3.8, 4) is 5.75 Å². The van der Waals surface area contributed by atoms with Gasteiger partial charge in [0, 0.05) is 14.1 Å². The van der Waals surface area contributed by atoms with Crippen LogP contribution in [0.3, 0.4) is 0 Å². The lowest BCUT2D eigenvalue weighted by Crippen LogP contribution is -2.27. The molecule has 0 aromatic heterocycles. The molecule has 1 N–H and O–H groups in total. The van der Waals surface area contributed by atoms with Crippen LogP contribution in [0.15, 0.2) is 18.2 Å². The van der Waals surface area contributed by atoms with Crippen molar-refractivity contribution in [2.24, 2.45) is 0 Å². The van der Waals surface area contributed by atoms with Gasteiger partial charge in [-0.25, -0.2) is 0 Å². The molecule has 0 spiro atoms. The van der Waals surface area contributed by atoms with E-state index in [1.807, 2.05) is 0 Å². The summed E-state index contributed by atoms with van der Waals surface area (Å²) in [7, 11) is 3.31. The van der Waals surface area contributed by atoms with Gasteiger partial charge in [0.25, 0.3) is 5.91 Å². The Morgan fingerprint density at radius 2 is 2.18 bits per heavy atom. The van der Waals surface area contributed by atoms with Crippen LogP contribution >= 0.6 is 11.6 Å². The zero-order valence-electron chi connectivity index (χ0n) is 10.1. The van der Waals surface area contributed by atoms with Crippen LogP contribution in [0.5, 0.6) is 5.75 Å². The van der Waals surface area contributed by atoms with Crippen molar-refractivity contribution in [3.63, 3.8) is 0 Å². The molecule has 0 aliphatic carbocycles. The summed E-state index contributed by atoms with van der Waals surface area (Å²) in [5.41, 5.74) is 0.710. The summed E-state index contributed by atoms with van der Waals surface area (Å²) in [6.07, 6.45) is -0.579. The molecule has 0 unspecified atom stereocenters. The molecule has 0 aliphatic rings. The molecule has 0 bridgehead atoms. The second-order valence-corrected chi connectivity index (χ2v) is 4.35. The van der Waals surface area contributed by atoms with Gasteiger partial charge in [0.2, 0.25) is 0 Å². The predicted molar refractivity (Wildman–Crippen MR) is 66.3 cm³/mol. The third-order valence-corrected chi connectivity index (χ3v) is 2.58. The average molecular weight is 258 g/mol. The van der Waals surface area contributed by atoms with Crippen molar-refractivity contribution in [1.29, 1.82) is 0 Å². The Hall–Kier alpha value is -1.26. The second-order valence-electron chi connectivity index (χ2n) is 3.94. The van der Waals surface area contributed by atoms with Gasteiger partial charge in [-0.1, -0.05) is 17.7 Å². The third-order valence-electron chi connectivity index (χ3n) is 2.29. The first-order valence-electron chi connectivity index (χ1n) is 5.22. The number of carbonyl (C=O) groups is 1. The lowest BCUT2D eigenvalue weighted by Gasteiger charge is -2.13. The van der Waals surface area contributed by atoms with Gasteiger partial charge >= 0.3 is 0 Å². The van der Waals surface area contributed by atoms with E-state index in [4.69, 9.17) is 16.3 Å². The first-order valence-corrected chi connectivity index (χ1v) is 5.60. The van der Waals surface area contributed by atoms with Crippen molar-refractivity contribution in [3.05, 3.63) is 28.8 Å². The smallest absolute Gasteiger partial charge is 0.259 e. The number of aliphatic hydroxyl groups excluding tert-OH is 1. The summed E-state index contributed by atoms with van der Waals surface area (Å²) < 4.78 is 5.29. The molecule has 1 aromatic carbocycles. The minimum Gasteiger partial charge on any atom is -0.482 e. The van der Waals surface area contributed by atoms with E-state index >= 15 is 0 Å². The van der Waals surface area contributed by atoms with E-state index in [0.717, 1.165) is 0 Å². The van der Waals surface area contributed by atoms with Crippen LogP contribution in [-0.4, -0.2) is 36.6 Å². The number of hydrogen-bond donors (Lipinski definition) is 1. The number of hydrogen-bond acceptors (Lipinski definition) is 3. The molecule has 1 aromatic rings. The van der Waals surface area contributed by atoms with Crippen LogP contribution in [0, 0.1) is 0 Å². The first-order chi connectivity index (χ1) is 7.91. The van der Waals surface area contributed by atoms with Crippen molar-refractivity contribution in [2.45, 2.75) is 13.0 Å². The SMILES string of the molecule is C[C@H](O)c1ccc(OCC(=O)N(C)C)c(Cl)c1. The number of halogens is 1. The normalized spacial score (nSPS) is 12.1. The standard InChI is InChI=1S/C12H16ClNO3/c1-8(15)9-4-5-11(10(13)6-9)17-7-12(16)14(2)3/h4-6,8,15H,7H2,1-3H3/t8-/m0/s1. The largest absolute Gasteiger partial charge is 0.482 e. The van der Waals surface area contributed by atoms with E-state index < -0.39 is 6.10 Å². The van der Waals surface area contributed by atoms with Gasteiger partial charge in [0.05, 0.1) is 11.1 Å². The van der Waals surface area contributed by atoms with Crippen LogP contribution in [0.1, 0.15) is 18.6 Å². The van der Waals surface area contributed by atoms with Crippen molar-refractivity contribution >= 4 is 17.5 Å². The van der Waals surface area contributed by atoms with Gasteiger partial charge in [0.1, 0.15) is 5.75 Å². The predicted octanol–water partition coefficient (Wildman–Crippen LogP) is 1.86. The molecule has 94 valence electrons. The fourth-order valence-electron chi connectivity index (χ4n) is 1.16. The van der Waals surface area contributed by atoms with Crippen LogP contribution in [-0.2, 0) is 4.79 Å². The van der Waals surface area contributed by atoms with E-state index in [1.165, 1.54) is 4.90 Å². The molecule has 1 amide bonds. The number of rotatable bonds is 4. The Balaban J connectivity index is 2.70. The molecular weight excluding hydrogens is 242 g/mol. The molecule has 0 fully saturated rings. The molecule has 17 heavy (non-hydrogen) atoms. The number of carbonyl (C=O) groups excluding carboxylic acids is 1. The lowest BCUT2D eigenvalue weighted by atomic mass is 10.1. The number of ether oxygens (including phenoxy) is 1. The Morgan fingerprint density at radius 1 is 1.53 bits per heavy atom. The zero-order chi connectivity index (χ0) is 13.0. The Labute approximate surface area is 106 Å². The topological polar surface area (TPSA) is 49.8 Å². The number of likely N-dealkylation sites (N-methyl/N-ethyl adjacent to an activating group) is 1. The van der Waals surface area contributed by atoms with Crippen molar-refractivity contribution in [2.75, 3.05) is 20.7 Å². The molecule has 0 heterocycles. The quantitative estimate of drug-likeness (QED) is 0.896. The Bertz CT molecular complexity index is 405. The summed E-state index contributed by atoms with van der Waals surface area (Å²) in [4.78, 5) is 12.8. The minimum absolute atomic E-state index is 0.0548. The molecule has 4 nitrogen and oxygen atoms in total. The van der Waals surface area contributed by atoms with Gasteiger partial charge in [0.15, 0.2) is 6.61 Å². The van der Waals surface area contributed by atoms with E-state index in [-0.39, 0.29) is 12.5 Å². The highest BCUT2D eigenvalue weighted by Crippen LogP contribution is 2.27. The van der Waals surface area contributed by atoms with Crippen LogP contribution in [0.25, 0.3) is 0 Å². The fourth-order valence-corrected chi connectivity index (χ4v) is 1.41. The molecule has 0 radical (unpaired) electrons. The van der Waals surface area contributed by atoms with Gasteiger partial charge < -0.3 is 14.7 Å². The van der Waals surface area contributed by atoms with Crippen LogP contribution in [0.4, 0.5) is 0 Å². The summed E-state index contributed by atoms with van der Waals surface area (Å²) in [6.45, 7) is 1.60. The maximum absolute atomic E-state index is 11.3. The summed E-state index contributed by atoms with van der Waals surface area (Å²) in [6, 6.07) is 4.99. The monoisotopic (exact) mass is 257 g/mol. The number of nitrogens with zero attached hydrogens (tertiary/aromatic N) is 1. The molecule has 1 atom stereocenters. The molecule has 0 saturated heterocycles. The third kappa shape index (κ3) is 3.91. The average Bonchev–Trinajstić information content (AvgIpc) is 2.26. The summed E-state index contributed by atoms with van der Waals surface area (Å²) >= 11 is 5.98. The maximum atomic E-state index is 11.3. The lowest BCUT2D eigenvalue weighted by molar-refractivity contribution is -0.130. The highest BCUT2D eigenvalue weighted by atomic mass is 35.5. The summed E-state index contributed by atoms with van der Waals surface area (Å²) in [5, 5.41) is 9.75. The number of amides is 1. The molecule has 5 heteroatoms.